The molecule has 1 N–H and O–H groups in total. The molecule has 0 saturated carbocycles. The Kier molecular flexibility index (Phi) is 4.37. The summed E-state index contributed by atoms with van der Waals surface area (Å²) in [5.41, 5.74) is 0.578. The third kappa shape index (κ3) is 3.33. The van der Waals surface area contributed by atoms with Crippen LogP contribution in [0.15, 0.2) is 47.5 Å². The van der Waals surface area contributed by atoms with Crippen molar-refractivity contribution in [2.24, 2.45) is 0 Å². The number of nitrogens with zero attached hydrogens (tertiary/aromatic N) is 1. The average Bonchev–Trinajstić information content (AvgIpc) is 2.38. The minimum absolute atomic E-state index is 0.161. The summed E-state index contributed by atoms with van der Waals surface area (Å²) in [5, 5.41) is -0.161. The highest BCUT2D eigenvalue weighted by Crippen LogP contribution is 2.23. The molecule has 0 amide bonds. The zero-order valence-electron chi connectivity index (χ0n) is 10.5. The highest BCUT2D eigenvalue weighted by atomic mass is 35.5. The van der Waals surface area contributed by atoms with Crippen molar-refractivity contribution in [3.8, 4) is 0 Å². The molecule has 0 unspecified atom stereocenters. The number of hydrogen-bond donors (Lipinski definition) is 1. The molecule has 7 heteroatoms. The number of benzene rings is 1. The molecular formula is C13H12ClFN2O2S. The Bertz CT molecular complexity index is 708. The van der Waals surface area contributed by atoms with Gasteiger partial charge in [-0.05, 0) is 37.3 Å². The van der Waals surface area contributed by atoms with E-state index in [0.717, 1.165) is 18.2 Å². The second-order valence-corrected chi connectivity index (χ2v) is 6.26. The summed E-state index contributed by atoms with van der Waals surface area (Å²) in [6.45, 7) is 1.66. The lowest BCUT2D eigenvalue weighted by Crippen LogP contribution is -2.27. The predicted molar refractivity (Wildman–Crippen MR) is 74.4 cm³/mol. The number of nitrogens with one attached hydrogen (secondary N) is 1. The normalized spacial score (nSPS) is 13.2. The Morgan fingerprint density at radius 1 is 1.30 bits per heavy atom. The topological polar surface area (TPSA) is 59.1 Å². The molecule has 1 aromatic heterocycles. The fourth-order valence-corrected chi connectivity index (χ4v) is 3.43. The largest absolute Gasteiger partial charge is 0.260 e. The number of sulfonamides is 1. The van der Waals surface area contributed by atoms with Crippen molar-refractivity contribution in [2.75, 3.05) is 0 Å². The second kappa shape index (κ2) is 5.87. The molecule has 0 aliphatic carbocycles. The second-order valence-electron chi connectivity index (χ2n) is 4.17. The summed E-state index contributed by atoms with van der Waals surface area (Å²) >= 11 is 5.77. The van der Waals surface area contributed by atoms with Gasteiger partial charge in [0.2, 0.25) is 10.0 Å². The van der Waals surface area contributed by atoms with Gasteiger partial charge in [0.05, 0.1) is 16.8 Å². The van der Waals surface area contributed by atoms with E-state index in [0.29, 0.717) is 5.69 Å². The van der Waals surface area contributed by atoms with E-state index in [-0.39, 0.29) is 9.92 Å². The van der Waals surface area contributed by atoms with Crippen LogP contribution in [0.1, 0.15) is 18.7 Å². The minimum Gasteiger partial charge on any atom is -0.260 e. The van der Waals surface area contributed by atoms with Gasteiger partial charge in [-0.25, -0.2) is 17.5 Å². The van der Waals surface area contributed by atoms with E-state index in [2.05, 4.69) is 9.71 Å². The lowest BCUT2D eigenvalue weighted by molar-refractivity contribution is 0.563. The van der Waals surface area contributed by atoms with E-state index in [1.165, 1.54) is 0 Å². The van der Waals surface area contributed by atoms with Crippen molar-refractivity contribution in [1.29, 1.82) is 0 Å². The lowest BCUT2D eigenvalue weighted by atomic mass is 10.2. The molecule has 1 aromatic carbocycles. The SMILES string of the molecule is C[C@H](NS(=O)(=O)c1ccc(F)cc1Cl)c1ccccn1. The van der Waals surface area contributed by atoms with Gasteiger partial charge in [-0.3, -0.25) is 4.98 Å². The van der Waals surface area contributed by atoms with Crippen molar-refractivity contribution in [3.05, 3.63) is 59.1 Å². The zero-order chi connectivity index (χ0) is 14.8. The van der Waals surface area contributed by atoms with Crippen LogP contribution in [0.2, 0.25) is 5.02 Å². The molecule has 0 bridgehead atoms. The van der Waals surface area contributed by atoms with Gasteiger partial charge in [-0.15, -0.1) is 0 Å². The summed E-state index contributed by atoms with van der Waals surface area (Å²) in [6.07, 6.45) is 1.57. The maximum absolute atomic E-state index is 13.0. The van der Waals surface area contributed by atoms with Gasteiger partial charge in [-0.2, -0.15) is 0 Å². The van der Waals surface area contributed by atoms with Gasteiger partial charge < -0.3 is 0 Å². The van der Waals surface area contributed by atoms with Crippen LogP contribution in [0.3, 0.4) is 0 Å². The van der Waals surface area contributed by atoms with Crippen LogP contribution in [0.5, 0.6) is 0 Å². The van der Waals surface area contributed by atoms with Crippen LogP contribution in [0, 0.1) is 5.82 Å². The minimum atomic E-state index is -3.84. The zero-order valence-corrected chi connectivity index (χ0v) is 12.1. The Morgan fingerprint density at radius 3 is 2.65 bits per heavy atom. The van der Waals surface area contributed by atoms with Crippen LogP contribution < -0.4 is 4.72 Å². The number of aromatic nitrogens is 1. The maximum Gasteiger partial charge on any atom is 0.242 e. The summed E-state index contributed by atoms with van der Waals surface area (Å²) in [7, 11) is -3.84. The molecule has 4 nitrogen and oxygen atoms in total. The molecular weight excluding hydrogens is 303 g/mol. The first kappa shape index (κ1) is 14.9. The monoisotopic (exact) mass is 314 g/mol. The van der Waals surface area contributed by atoms with Gasteiger partial charge in [0.15, 0.2) is 0 Å². The smallest absolute Gasteiger partial charge is 0.242 e. The number of hydrogen-bond acceptors (Lipinski definition) is 3. The number of rotatable bonds is 4. The molecule has 0 aliphatic rings. The van der Waals surface area contributed by atoms with E-state index in [9.17, 15) is 12.8 Å². The Morgan fingerprint density at radius 2 is 2.05 bits per heavy atom. The molecule has 1 atom stereocenters. The average molecular weight is 315 g/mol. The first-order valence-corrected chi connectivity index (χ1v) is 7.64. The molecule has 106 valence electrons. The Balaban J connectivity index is 2.28. The molecule has 0 spiro atoms. The van der Waals surface area contributed by atoms with Gasteiger partial charge in [0.25, 0.3) is 0 Å². The molecule has 2 aromatic rings. The first-order valence-electron chi connectivity index (χ1n) is 5.78. The number of pyridine rings is 1. The third-order valence-corrected chi connectivity index (χ3v) is 4.67. The van der Waals surface area contributed by atoms with Crippen molar-refractivity contribution in [2.45, 2.75) is 17.9 Å². The van der Waals surface area contributed by atoms with Crippen LogP contribution in [0.4, 0.5) is 4.39 Å². The molecule has 20 heavy (non-hydrogen) atoms. The van der Waals surface area contributed by atoms with Gasteiger partial charge in [0, 0.05) is 6.20 Å². The molecule has 0 radical (unpaired) electrons. The van der Waals surface area contributed by atoms with Crippen LogP contribution in [-0.4, -0.2) is 13.4 Å². The first-order chi connectivity index (χ1) is 9.40. The van der Waals surface area contributed by atoms with Crippen LogP contribution in [-0.2, 0) is 10.0 Å². The van der Waals surface area contributed by atoms with Crippen LogP contribution in [0.25, 0.3) is 0 Å². The molecule has 0 aliphatic heterocycles. The fourth-order valence-electron chi connectivity index (χ4n) is 1.68. The van der Waals surface area contributed by atoms with Crippen molar-refractivity contribution < 1.29 is 12.8 Å². The van der Waals surface area contributed by atoms with Crippen molar-refractivity contribution >= 4 is 21.6 Å². The molecule has 0 saturated heterocycles. The van der Waals surface area contributed by atoms with E-state index in [1.807, 2.05) is 0 Å². The maximum atomic E-state index is 13.0. The Hall–Kier alpha value is -1.50. The summed E-state index contributed by atoms with van der Waals surface area (Å²) in [5.74, 6) is -0.591. The summed E-state index contributed by atoms with van der Waals surface area (Å²) in [4.78, 5) is 3.91. The predicted octanol–water partition coefficient (Wildman–Crippen LogP) is 2.91. The molecule has 0 fully saturated rings. The van der Waals surface area contributed by atoms with Gasteiger partial charge in [0.1, 0.15) is 10.7 Å². The lowest BCUT2D eigenvalue weighted by Gasteiger charge is -2.14. The fraction of sp³-hybridized carbons (Fsp3) is 0.154. The molecule has 2 rings (SSSR count). The summed E-state index contributed by atoms with van der Waals surface area (Å²) in [6, 6.07) is 7.82. The third-order valence-electron chi connectivity index (χ3n) is 2.65. The highest BCUT2D eigenvalue weighted by molar-refractivity contribution is 7.89. The van der Waals surface area contributed by atoms with E-state index in [1.54, 1.807) is 31.3 Å². The van der Waals surface area contributed by atoms with Crippen LogP contribution >= 0.6 is 11.6 Å². The standard InChI is InChI=1S/C13H12ClFN2O2S/c1-9(12-4-2-3-7-16-12)17-20(18,19)13-6-5-10(15)8-11(13)14/h2-9,17H,1H3/t9-/m0/s1. The quantitative estimate of drug-likeness (QED) is 0.944. The Labute approximate surface area is 121 Å². The van der Waals surface area contributed by atoms with Crippen molar-refractivity contribution in [1.82, 2.24) is 9.71 Å². The summed E-state index contributed by atoms with van der Waals surface area (Å²) < 4.78 is 39.8. The number of halogens is 2. The van der Waals surface area contributed by atoms with Gasteiger partial charge in [-0.1, -0.05) is 17.7 Å². The highest BCUT2D eigenvalue weighted by Gasteiger charge is 2.21. The van der Waals surface area contributed by atoms with Crippen molar-refractivity contribution in [3.63, 3.8) is 0 Å². The molecule has 1 heterocycles. The van der Waals surface area contributed by atoms with Gasteiger partial charge >= 0.3 is 0 Å². The van der Waals surface area contributed by atoms with E-state index >= 15 is 0 Å². The van der Waals surface area contributed by atoms with E-state index in [4.69, 9.17) is 11.6 Å². The van der Waals surface area contributed by atoms with E-state index < -0.39 is 21.9 Å².